The Labute approximate surface area is 161 Å². The van der Waals surface area contributed by atoms with Crippen molar-refractivity contribution < 1.29 is 14.3 Å². The third kappa shape index (κ3) is 5.07. The Kier molecular flexibility index (Phi) is 6.94. The molecule has 4 heteroatoms. The van der Waals surface area contributed by atoms with E-state index in [1.807, 2.05) is 68.4 Å². The Balaban J connectivity index is 2.36. The lowest BCUT2D eigenvalue weighted by molar-refractivity contribution is -0.142. The van der Waals surface area contributed by atoms with Gasteiger partial charge >= 0.3 is 5.97 Å². The fourth-order valence-electron chi connectivity index (χ4n) is 2.99. The van der Waals surface area contributed by atoms with E-state index in [0.717, 1.165) is 11.1 Å². The Morgan fingerprint density at radius 1 is 0.963 bits per heavy atom. The third-order valence-electron chi connectivity index (χ3n) is 4.36. The quantitative estimate of drug-likeness (QED) is 0.520. The molecule has 4 nitrogen and oxygen atoms in total. The van der Waals surface area contributed by atoms with Crippen molar-refractivity contribution in [3.05, 3.63) is 66.7 Å². The number of esters is 1. The van der Waals surface area contributed by atoms with Gasteiger partial charge in [-0.2, -0.15) is 0 Å². The van der Waals surface area contributed by atoms with Crippen LogP contribution in [0.25, 0.3) is 11.1 Å². The molecule has 0 aliphatic rings. The second kappa shape index (κ2) is 9.17. The first kappa shape index (κ1) is 20.4. The summed E-state index contributed by atoms with van der Waals surface area (Å²) >= 11 is 0. The molecule has 0 N–H and O–H groups in total. The standard InChI is InChI=1S/C23H27NO3/c1-16(2)15-17(3)22(25)24(18(4)23(26)27-5)21-13-11-20(12-14-21)19-9-7-6-8-10-19/h6-14,16,18H,3,15H2,1-2,4-5H3. The van der Waals surface area contributed by atoms with Gasteiger partial charge in [0.2, 0.25) is 0 Å². The Bertz CT molecular complexity index is 794. The third-order valence-corrected chi connectivity index (χ3v) is 4.36. The zero-order chi connectivity index (χ0) is 20.0. The van der Waals surface area contributed by atoms with E-state index in [4.69, 9.17) is 4.74 Å². The molecule has 1 amide bonds. The van der Waals surface area contributed by atoms with E-state index in [2.05, 4.69) is 6.58 Å². The first-order valence-corrected chi connectivity index (χ1v) is 9.09. The monoisotopic (exact) mass is 365 g/mol. The van der Waals surface area contributed by atoms with Gasteiger partial charge in [-0.25, -0.2) is 4.79 Å². The van der Waals surface area contributed by atoms with Crippen molar-refractivity contribution in [2.24, 2.45) is 5.92 Å². The number of benzene rings is 2. The molecular formula is C23H27NO3. The molecule has 0 saturated heterocycles. The van der Waals surface area contributed by atoms with Gasteiger partial charge in [-0.3, -0.25) is 9.69 Å². The highest BCUT2D eigenvalue weighted by Gasteiger charge is 2.29. The molecule has 0 radical (unpaired) electrons. The summed E-state index contributed by atoms with van der Waals surface area (Å²) < 4.78 is 4.86. The Hall–Kier alpha value is -2.88. The highest BCUT2D eigenvalue weighted by molar-refractivity contribution is 6.08. The van der Waals surface area contributed by atoms with Crippen LogP contribution >= 0.6 is 0 Å². The Morgan fingerprint density at radius 2 is 1.52 bits per heavy atom. The maximum atomic E-state index is 13.0. The predicted molar refractivity (Wildman–Crippen MR) is 109 cm³/mol. The molecule has 2 aromatic rings. The summed E-state index contributed by atoms with van der Waals surface area (Å²) in [4.78, 5) is 26.6. The van der Waals surface area contributed by atoms with Crippen molar-refractivity contribution in [1.82, 2.24) is 0 Å². The summed E-state index contributed by atoms with van der Waals surface area (Å²) in [7, 11) is 1.32. The topological polar surface area (TPSA) is 46.6 Å². The van der Waals surface area contributed by atoms with Crippen LogP contribution in [-0.4, -0.2) is 25.0 Å². The van der Waals surface area contributed by atoms with Crippen molar-refractivity contribution in [3.8, 4) is 11.1 Å². The summed E-state index contributed by atoms with van der Waals surface area (Å²) in [5, 5.41) is 0. The highest BCUT2D eigenvalue weighted by atomic mass is 16.5. The van der Waals surface area contributed by atoms with E-state index in [0.29, 0.717) is 23.6 Å². The number of amides is 1. The van der Waals surface area contributed by atoms with Gasteiger partial charge in [0, 0.05) is 11.3 Å². The van der Waals surface area contributed by atoms with Crippen LogP contribution in [0, 0.1) is 5.92 Å². The van der Waals surface area contributed by atoms with Gasteiger partial charge in [0.15, 0.2) is 0 Å². The molecule has 0 aromatic heterocycles. The van der Waals surface area contributed by atoms with Crippen molar-refractivity contribution in [2.75, 3.05) is 12.0 Å². The molecule has 0 bridgehead atoms. The van der Waals surface area contributed by atoms with Crippen LogP contribution in [0.2, 0.25) is 0 Å². The van der Waals surface area contributed by atoms with Gasteiger partial charge in [0.05, 0.1) is 7.11 Å². The number of hydrogen-bond donors (Lipinski definition) is 0. The van der Waals surface area contributed by atoms with Crippen LogP contribution < -0.4 is 4.90 Å². The molecule has 2 rings (SSSR count). The molecular weight excluding hydrogens is 338 g/mol. The minimum Gasteiger partial charge on any atom is -0.467 e. The average Bonchev–Trinajstić information content (AvgIpc) is 2.68. The van der Waals surface area contributed by atoms with Gasteiger partial charge in [-0.1, -0.05) is 62.9 Å². The van der Waals surface area contributed by atoms with E-state index in [-0.39, 0.29) is 5.91 Å². The average molecular weight is 365 g/mol. The summed E-state index contributed by atoms with van der Waals surface area (Å²) in [5.74, 6) is -0.418. The molecule has 0 aliphatic carbocycles. The van der Waals surface area contributed by atoms with E-state index >= 15 is 0 Å². The summed E-state index contributed by atoms with van der Waals surface area (Å²) in [6.45, 7) is 9.65. The fraction of sp³-hybridized carbons (Fsp3) is 0.304. The first-order chi connectivity index (χ1) is 12.8. The molecule has 0 fully saturated rings. The zero-order valence-electron chi connectivity index (χ0n) is 16.4. The van der Waals surface area contributed by atoms with Gasteiger partial charge < -0.3 is 4.74 Å². The van der Waals surface area contributed by atoms with E-state index in [1.54, 1.807) is 6.92 Å². The molecule has 1 atom stereocenters. The van der Waals surface area contributed by atoms with Crippen molar-refractivity contribution in [3.63, 3.8) is 0 Å². The van der Waals surface area contributed by atoms with E-state index in [1.165, 1.54) is 12.0 Å². The molecule has 0 spiro atoms. The first-order valence-electron chi connectivity index (χ1n) is 9.09. The molecule has 2 aromatic carbocycles. The minimum absolute atomic E-state index is 0.255. The fourth-order valence-corrected chi connectivity index (χ4v) is 2.99. The minimum atomic E-state index is -0.742. The Morgan fingerprint density at radius 3 is 2.04 bits per heavy atom. The maximum Gasteiger partial charge on any atom is 0.328 e. The van der Waals surface area contributed by atoms with Gasteiger partial charge in [-0.05, 0) is 42.5 Å². The number of anilines is 1. The van der Waals surface area contributed by atoms with E-state index in [9.17, 15) is 9.59 Å². The lowest BCUT2D eigenvalue weighted by atomic mass is 10.0. The number of methoxy groups -OCH3 is 1. The predicted octanol–water partition coefficient (Wildman–Crippen LogP) is 4.85. The van der Waals surface area contributed by atoms with Gasteiger partial charge in [0.25, 0.3) is 5.91 Å². The second-order valence-electron chi connectivity index (χ2n) is 6.99. The summed E-state index contributed by atoms with van der Waals surface area (Å²) in [6.07, 6.45) is 0.575. The smallest absolute Gasteiger partial charge is 0.328 e. The highest BCUT2D eigenvalue weighted by Crippen LogP contribution is 2.26. The molecule has 0 heterocycles. The number of carbonyl (C=O) groups is 2. The number of nitrogens with zero attached hydrogens (tertiary/aromatic N) is 1. The molecule has 0 aliphatic heterocycles. The van der Waals surface area contributed by atoms with Crippen LogP contribution in [0.5, 0.6) is 0 Å². The lowest BCUT2D eigenvalue weighted by Crippen LogP contribution is -2.44. The zero-order valence-corrected chi connectivity index (χ0v) is 16.4. The second-order valence-corrected chi connectivity index (χ2v) is 6.99. The van der Waals surface area contributed by atoms with Crippen LogP contribution in [0.4, 0.5) is 5.69 Å². The van der Waals surface area contributed by atoms with Crippen molar-refractivity contribution >= 4 is 17.6 Å². The summed E-state index contributed by atoms with van der Waals surface area (Å²) in [5.41, 5.74) is 3.25. The molecule has 27 heavy (non-hydrogen) atoms. The maximum absolute atomic E-state index is 13.0. The number of ether oxygens (including phenoxy) is 1. The SMILES string of the molecule is C=C(CC(C)C)C(=O)N(c1ccc(-c2ccccc2)cc1)C(C)C(=O)OC. The van der Waals surface area contributed by atoms with Crippen molar-refractivity contribution in [2.45, 2.75) is 33.2 Å². The van der Waals surface area contributed by atoms with Crippen molar-refractivity contribution in [1.29, 1.82) is 0 Å². The van der Waals surface area contributed by atoms with Crippen LogP contribution in [0.15, 0.2) is 66.7 Å². The van der Waals surface area contributed by atoms with Gasteiger partial charge in [-0.15, -0.1) is 0 Å². The van der Waals surface area contributed by atoms with Crippen LogP contribution in [0.3, 0.4) is 0 Å². The largest absolute Gasteiger partial charge is 0.467 e. The lowest BCUT2D eigenvalue weighted by Gasteiger charge is -2.29. The normalized spacial score (nSPS) is 11.7. The van der Waals surface area contributed by atoms with Gasteiger partial charge in [0.1, 0.15) is 6.04 Å². The van der Waals surface area contributed by atoms with E-state index < -0.39 is 12.0 Å². The number of rotatable bonds is 7. The molecule has 1 unspecified atom stereocenters. The van der Waals surface area contributed by atoms with Crippen LogP contribution in [-0.2, 0) is 14.3 Å². The van der Waals surface area contributed by atoms with Crippen LogP contribution in [0.1, 0.15) is 27.2 Å². The molecule has 142 valence electrons. The number of hydrogen-bond acceptors (Lipinski definition) is 3. The molecule has 0 saturated carbocycles. The summed E-state index contributed by atoms with van der Waals surface area (Å²) in [6, 6.07) is 16.8. The number of carbonyl (C=O) groups excluding carboxylic acids is 2.